The monoisotopic (exact) mass is 2010 g/mol. The highest BCUT2D eigenvalue weighted by Gasteiger charge is 2.20. The van der Waals surface area contributed by atoms with Crippen LogP contribution in [-0.2, 0) is 49.9 Å². The molecule has 1 aliphatic heterocycles. The van der Waals surface area contributed by atoms with Crippen LogP contribution in [0.1, 0.15) is 147 Å². The number of anilines is 7. The van der Waals surface area contributed by atoms with Crippen LogP contribution >= 0.6 is 0 Å². The minimum atomic E-state index is -0.394. The number of amides is 5. The average Bonchev–Trinajstić information content (AvgIpc) is 0.820. The second kappa shape index (κ2) is 54.7. The average molecular weight is 2010 g/mol. The van der Waals surface area contributed by atoms with Gasteiger partial charge in [-0.25, -0.2) is 49.8 Å². The van der Waals surface area contributed by atoms with Gasteiger partial charge in [-0.2, -0.15) is 0 Å². The van der Waals surface area contributed by atoms with E-state index in [1.54, 1.807) is 177 Å². The number of ether oxygens (including phenoxy) is 1. The van der Waals surface area contributed by atoms with Gasteiger partial charge in [-0.1, -0.05) is 144 Å². The van der Waals surface area contributed by atoms with Crippen molar-refractivity contribution in [2.75, 3.05) is 76.1 Å². The van der Waals surface area contributed by atoms with Gasteiger partial charge in [0.1, 0.15) is 70.4 Å². The van der Waals surface area contributed by atoms with Crippen molar-refractivity contribution in [2.24, 2.45) is 5.73 Å². The Kier molecular flexibility index (Phi) is 39.0. The Bertz CT molecular complexity index is 7780. The fourth-order valence-corrected chi connectivity index (χ4v) is 15.2. The summed E-state index contributed by atoms with van der Waals surface area (Å²) in [6.07, 6.45) is 26.7. The van der Waals surface area contributed by atoms with Gasteiger partial charge < -0.3 is 77.5 Å². The number of unbranched alkanes of at least 4 members (excludes halogenated alkanes) is 2. The Morgan fingerprint density at radius 2 is 0.740 bits per heavy atom. The molecule has 1 fully saturated rings. The number of hydrogen-bond acceptors (Lipinski definition) is 25. The molecule has 18 rings (SSSR count). The third-order valence-electron chi connectivity index (χ3n) is 23.4. The number of carbonyl (C=O) groups is 5. The number of piperazine rings is 1. The van der Waals surface area contributed by atoms with Gasteiger partial charge in [-0.05, 0) is 206 Å². The number of aryl methyl sites for hydroxylation is 5. The Morgan fingerprint density at radius 1 is 0.373 bits per heavy atom. The third kappa shape index (κ3) is 31.6. The number of rotatable bonds is 33. The first-order valence-corrected chi connectivity index (χ1v) is 49.2. The van der Waals surface area contributed by atoms with Crippen molar-refractivity contribution >= 4 is 75.4 Å². The molecule has 17 aromatic rings. The first kappa shape index (κ1) is 107. The summed E-state index contributed by atoms with van der Waals surface area (Å²) < 4.78 is 5.75. The van der Waals surface area contributed by atoms with Crippen LogP contribution in [0, 0.1) is 0 Å². The minimum absolute atomic E-state index is 0.147. The fraction of sp³-hybridized carbons (Fsp3) is 0.183. The Balaban J connectivity index is 0.000000148. The van der Waals surface area contributed by atoms with E-state index in [9.17, 15) is 47.9 Å². The van der Waals surface area contributed by atoms with E-state index in [2.05, 4.69) is 129 Å². The molecule has 1 aliphatic rings. The first-order valence-electron chi connectivity index (χ1n) is 49.2. The molecule has 0 saturated carbocycles. The number of hydrogen-bond donors (Lipinski definition) is 13. The molecule has 10 aromatic heterocycles. The molecule has 7 aromatic carbocycles. The van der Waals surface area contributed by atoms with E-state index in [-0.39, 0.29) is 80.2 Å². The van der Waals surface area contributed by atoms with Crippen LogP contribution in [0.4, 0.5) is 39.8 Å². The maximum atomic E-state index is 12.7. The number of nitrogens with zero attached hydrogens (tertiary/aromatic N) is 11. The van der Waals surface area contributed by atoms with Gasteiger partial charge in [-0.15, -0.1) is 0 Å². The number of nitrogens with one attached hydrogen (secondary N) is 12. The van der Waals surface area contributed by atoms with Crippen molar-refractivity contribution in [1.29, 1.82) is 0 Å². The molecule has 11 heterocycles. The summed E-state index contributed by atoms with van der Waals surface area (Å²) in [6.45, 7) is 15.7. The van der Waals surface area contributed by atoms with Crippen LogP contribution in [0.5, 0.6) is 5.75 Å². The molecule has 35 nitrogen and oxygen atoms in total. The molecule has 35 heteroatoms. The van der Waals surface area contributed by atoms with Gasteiger partial charge >= 0.3 is 0 Å². The smallest absolute Gasteiger partial charge is 0.271 e. The molecule has 0 aliphatic carbocycles. The van der Waals surface area contributed by atoms with Crippen LogP contribution in [0.15, 0.2) is 341 Å². The van der Waals surface area contributed by atoms with Crippen molar-refractivity contribution in [3.05, 3.63) is 442 Å². The number of benzene rings is 7. The number of aromatic amines is 5. The Hall–Kier alpha value is -18.9. The van der Waals surface area contributed by atoms with Gasteiger partial charge in [0.25, 0.3) is 51.4 Å². The molecule has 0 unspecified atom stereocenters. The summed E-state index contributed by atoms with van der Waals surface area (Å²) in [7, 11) is 0. The van der Waals surface area contributed by atoms with Crippen LogP contribution < -0.4 is 80.4 Å². The van der Waals surface area contributed by atoms with Crippen molar-refractivity contribution in [1.82, 2.24) is 80.1 Å². The zero-order chi connectivity index (χ0) is 105. The molecular weight excluding hydrogens is 1890 g/mol. The zero-order valence-corrected chi connectivity index (χ0v) is 83.4. The van der Waals surface area contributed by atoms with Crippen LogP contribution in [0.2, 0.25) is 0 Å². The lowest BCUT2D eigenvalue weighted by atomic mass is 10.0. The number of nitrogens with two attached hydrogens (primary N) is 1. The largest absolute Gasteiger partial charge is 0.489 e. The molecule has 0 atom stereocenters. The minimum Gasteiger partial charge on any atom is -0.489 e. The summed E-state index contributed by atoms with van der Waals surface area (Å²) in [5.41, 5.74) is 20.4. The van der Waals surface area contributed by atoms with Crippen LogP contribution in [-0.4, -0.2) is 144 Å². The Labute approximate surface area is 864 Å². The quantitative estimate of drug-likeness (QED) is 0.0134. The maximum Gasteiger partial charge on any atom is 0.271 e. The summed E-state index contributed by atoms with van der Waals surface area (Å²) in [5, 5.41) is 20.0. The summed E-state index contributed by atoms with van der Waals surface area (Å²) in [5.74, 6) is 1.70. The second-order valence-corrected chi connectivity index (χ2v) is 34.1. The molecule has 5 amide bonds. The highest BCUT2D eigenvalue weighted by Crippen LogP contribution is 2.27. The fourth-order valence-electron chi connectivity index (χ4n) is 15.2. The van der Waals surface area contributed by atoms with Gasteiger partial charge in [-0.3, -0.25) is 47.9 Å². The van der Waals surface area contributed by atoms with Gasteiger partial charge in [0.2, 0.25) is 5.91 Å². The van der Waals surface area contributed by atoms with E-state index >= 15 is 0 Å². The van der Waals surface area contributed by atoms with Crippen LogP contribution in [0.3, 0.4) is 0 Å². The van der Waals surface area contributed by atoms with Crippen LogP contribution in [0.25, 0.3) is 62.4 Å². The third-order valence-corrected chi connectivity index (χ3v) is 23.4. The first-order chi connectivity index (χ1) is 73.1. The lowest BCUT2D eigenvalue weighted by Gasteiger charge is -2.29. The number of aromatic nitrogens is 15. The second-order valence-electron chi connectivity index (χ2n) is 34.1. The highest BCUT2D eigenvalue weighted by molar-refractivity contribution is 6.07. The number of pyridine rings is 5. The SMILES string of the molecule is CCc1cc(-c2c[nH]c(=O)c(NC(=O)c3ccc(N4CCNCC4)cc3)c2)ncn1.CCc1nccc(-c2c[nH]c(=O)c(NC(=O)/C=C/c3ccccc3)c2)n1.CCc1nccc(-c2c[nH]c(=O)c(NC(=O)c3ccc(Cc4ccccc4)cc3)c2)n1.CCc1nccc(-c2c[nH]c(=O)c(NC(=O)c3ccc(NCCCCCN)cc3)c2)n1.CCc1nccc(-c2c[nH]c(=O)c(NC(=O)c3ccc(OCc4ccccc4)cc3)c2)n1. The maximum absolute atomic E-state index is 12.7. The summed E-state index contributed by atoms with van der Waals surface area (Å²) >= 11 is 0. The predicted octanol–water partition coefficient (Wildman–Crippen LogP) is 16.8. The molecule has 0 bridgehead atoms. The van der Waals surface area contributed by atoms with Crippen molar-refractivity contribution in [2.45, 2.75) is 99.0 Å². The molecule has 1 saturated heterocycles. The van der Waals surface area contributed by atoms with Crippen molar-refractivity contribution < 1.29 is 28.7 Å². The topological polar surface area (TPSA) is 501 Å². The van der Waals surface area contributed by atoms with E-state index in [4.69, 9.17) is 10.5 Å². The molecular formula is C115H114N24O11. The lowest BCUT2D eigenvalue weighted by Crippen LogP contribution is -2.43. The molecule has 14 N–H and O–H groups in total. The zero-order valence-electron chi connectivity index (χ0n) is 83.4. The molecule has 0 spiro atoms. The normalized spacial score (nSPS) is 11.3. The van der Waals surface area contributed by atoms with E-state index in [0.717, 1.165) is 98.6 Å². The van der Waals surface area contributed by atoms with Gasteiger partial charge in [0.05, 0.1) is 28.5 Å². The predicted molar refractivity (Wildman–Crippen MR) is 586 cm³/mol. The van der Waals surface area contributed by atoms with E-state index in [0.29, 0.717) is 146 Å². The van der Waals surface area contributed by atoms with Crippen molar-refractivity contribution in [3.8, 4) is 62.0 Å². The number of carbonyl (C=O) groups excluding carboxylic acids is 5. The number of H-pyrrole nitrogens is 5. The molecule has 0 radical (unpaired) electrons. The van der Waals surface area contributed by atoms with E-state index in [1.165, 1.54) is 18.0 Å². The van der Waals surface area contributed by atoms with E-state index in [1.807, 2.05) is 156 Å². The molecule has 760 valence electrons. The lowest BCUT2D eigenvalue weighted by molar-refractivity contribution is -0.111. The summed E-state index contributed by atoms with van der Waals surface area (Å²) in [4.78, 5) is 182. The molecule has 150 heavy (non-hydrogen) atoms. The highest BCUT2D eigenvalue weighted by atomic mass is 16.5. The standard InChI is InChI=1S/C25H22N4O3.C25H22N4O2.C23H28N6O2.C22H24N6O2.C20H18N4O2/c1-2-23-26-13-12-21(28-23)19-14-22(25(31)27-15-19)29-24(30)18-8-10-20(11-9-18)32-16-17-6-4-3-5-7-17;1-2-23-26-13-12-21(28-23)20-15-22(25(31)27-16-20)29-24(30)19-10-8-18(9-11-19)14-17-6-4-3-5-7-17;1-2-21-26-13-10-19(28-21)17-14-20(23(31)27-15-17)29-22(30)16-6-8-18(9-7-16)25-12-5-3-4-11-24;1-2-17-12-19(26-14-25-17)16-11-20(22(30)24-13-16)27-21(29)15-3-5-18(6-4-15)28-9-7-23-8-10-28;1-2-18-21-11-10-16(23-18)15-12-17(20(26)22-13-15)24-19(25)9-8-14-6-4-3-5-7-14/h3-15H,2,16H2,1H3,(H,27,31)(H,29,30);3-13,15-16H,2,14H2,1H3,(H,27,31)(H,29,30);6-10,13-15,25H,2-5,11-12,24H2,1H3,(H,27,31)(H,29,30);3-6,11-14,23H,2,7-10H2,1H3,(H,24,30)(H,27,29);3-13H,2H2,1H3,(H,22,26)(H,24,25)/b;;;;9-8+. The van der Waals surface area contributed by atoms with Gasteiger partial charge in [0, 0.05) is 187 Å². The Morgan fingerprint density at radius 3 is 1.14 bits per heavy atom. The van der Waals surface area contributed by atoms with Gasteiger partial charge in [0.15, 0.2) is 0 Å². The summed E-state index contributed by atoms with van der Waals surface area (Å²) in [6, 6.07) is 75.2. The van der Waals surface area contributed by atoms with Crippen molar-refractivity contribution in [3.63, 3.8) is 0 Å². The van der Waals surface area contributed by atoms with E-state index < -0.39 is 5.56 Å².